The topological polar surface area (TPSA) is 55.5 Å². The Labute approximate surface area is 110 Å². The molecule has 0 saturated heterocycles. The van der Waals surface area contributed by atoms with E-state index >= 15 is 0 Å². The summed E-state index contributed by atoms with van der Waals surface area (Å²) in [5.74, 6) is -0.492. The summed E-state index contributed by atoms with van der Waals surface area (Å²) in [4.78, 5) is 15.5. The molecular weight excluding hydrogens is 248 g/mol. The molecule has 0 aliphatic carbocycles. The lowest BCUT2D eigenvalue weighted by Gasteiger charge is -2.00. The highest BCUT2D eigenvalue weighted by atomic mass is 35.5. The van der Waals surface area contributed by atoms with Crippen LogP contribution in [0, 0.1) is 0 Å². The molecule has 0 fully saturated rings. The van der Waals surface area contributed by atoms with Crippen molar-refractivity contribution in [1.82, 2.24) is 0 Å². The molecule has 0 unspecified atom stereocenters. The van der Waals surface area contributed by atoms with Crippen LogP contribution in [0.2, 0.25) is 5.02 Å². The average molecular weight is 259 g/mol. The number of primary amides is 1. The van der Waals surface area contributed by atoms with Crippen LogP contribution in [0.25, 0.3) is 0 Å². The van der Waals surface area contributed by atoms with Crippen molar-refractivity contribution in [3.63, 3.8) is 0 Å². The standard InChI is InChI=1S/C14H11ClN2O/c15-11-5-3-4-10(8-11)9-17-13-7-2-1-6-12(13)14(16)18/h1-9H,(H2,16,18)/b17-9+. The minimum atomic E-state index is -0.492. The lowest BCUT2D eigenvalue weighted by atomic mass is 10.1. The number of amides is 1. The molecular formula is C14H11ClN2O. The Morgan fingerprint density at radius 1 is 1.17 bits per heavy atom. The van der Waals surface area contributed by atoms with Gasteiger partial charge in [-0.1, -0.05) is 35.9 Å². The first-order valence-electron chi connectivity index (χ1n) is 5.35. The van der Waals surface area contributed by atoms with E-state index in [0.717, 1.165) is 5.56 Å². The van der Waals surface area contributed by atoms with Gasteiger partial charge in [0.25, 0.3) is 5.91 Å². The van der Waals surface area contributed by atoms with Gasteiger partial charge in [-0.15, -0.1) is 0 Å². The Balaban J connectivity index is 2.32. The lowest BCUT2D eigenvalue weighted by molar-refractivity contribution is 0.100. The monoisotopic (exact) mass is 258 g/mol. The Morgan fingerprint density at radius 2 is 1.94 bits per heavy atom. The first-order valence-corrected chi connectivity index (χ1v) is 5.73. The number of carbonyl (C=O) groups is 1. The van der Waals surface area contributed by atoms with Gasteiger partial charge in [-0.2, -0.15) is 0 Å². The van der Waals surface area contributed by atoms with Crippen LogP contribution < -0.4 is 5.73 Å². The van der Waals surface area contributed by atoms with Crippen molar-refractivity contribution in [3.05, 3.63) is 64.7 Å². The minimum Gasteiger partial charge on any atom is -0.366 e. The van der Waals surface area contributed by atoms with E-state index in [1.54, 1.807) is 42.6 Å². The third-order valence-corrected chi connectivity index (χ3v) is 2.61. The van der Waals surface area contributed by atoms with E-state index in [-0.39, 0.29) is 0 Å². The molecule has 90 valence electrons. The lowest BCUT2D eigenvalue weighted by Crippen LogP contribution is -2.10. The van der Waals surface area contributed by atoms with Crippen LogP contribution in [0.5, 0.6) is 0 Å². The van der Waals surface area contributed by atoms with Gasteiger partial charge in [-0.05, 0) is 29.8 Å². The van der Waals surface area contributed by atoms with Gasteiger partial charge in [0, 0.05) is 11.2 Å². The van der Waals surface area contributed by atoms with E-state index in [0.29, 0.717) is 16.3 Å². The van der Waals surface area contributed by atoms with Crippen LogP contribution in [-0.4, -0.2) is 12.1 Å². The number of nitrogens with zero attached hydrogens (tertiary/aromatic N) is 1. The molecule has 0 aromatic heterocycles. The molecule has 1 amide bonds. The molecule has 2 N–H and O–H groups in total. The molecule has 0 saturated carbocycles. The molecule has 2 aromatic carbocycles. The van der Waals surface area contributed by atoms with Gasteiger partial charge >= 0.3 is 0 Å². The fourth-order valence-electron chi connectivity index (χ4n) is 1.53. The van der Waals surface area contributed by atoms with Crippen LogP contribution in [0.1, 0.15) is 15.9 Å². The molecule has 0 heterocycles. The van der Waals surface area contributed by atoms with Gasteiger partial charge in [0.2, 0.25) is 0 Å². The van der Waals surface area contributed by atoms with Gasteiger partial charge in [-0.3, -0.25) is 9.79 Å². The molecule has 2 rings (SSSR count). The van der Waals surface area contributed by atoms with Gasteiger partial charge in [0.05, 0.1) is 11.3 Å². The van der Waals surface area contributed by atoms with Crippen LogP contribution in [-0.2, 0) is 0 Å². The minimum absolute atomic E-state index is 0.399. The Hall–Kier alpha value is -2.13. The number of halogens is 1. The molecule has 2 aromatic rings. The van der Waals surface area contributed by atoms with Crippen molar-refractivity contribution >= 4 is 29.4 Å². The van der Waals surface area contributed by atoms with Crippen molar-refractivity contribution in [2.45, 2.75) is 0 Å². The second-order valence-electron chi connectivity index (χ2n) is 3.69. The largest absolute Gasteiger partial charge is 0.366 e. The molecule has 0 atom stereocenters. The zero-order valence-electron chi connectivity index (χ0n) is 9.51. The average Bonchev–Trinajstić information content (AvgIpc) is 2.37. The van der Waals surface area contributed by atoms with Gasteiger partial charge in [-0.25, -0.2) is 0 Å². The molecule has 0 bridgehead atoms. The second kappa shape index (κ2) is 5.47. The maximum Gasteiger partial charge on any atom is 0.250 e. The van der Waals surface area contributed by atoms with Gasteiger partial charge < -0.3 is 5.73 Å². The molecule has 18 heavy (non-hydrogen) atoms. The highest BCUT2D eigenvalue weighted by Gasteiger charge is 2.04. The summed E-state index contributed by atoms with van der Waals surface area (Å²) < 4.78 is 0. The first kappa shape index (κ1) is 12.3. The van der Waals surface area contributed by atoms with Crippen molar-refractivity contribution in [1.29, 1.82) is 0 Å². The molecule has 0 aliphatic heterocycles. The number of benzene rings is 2. The normalized spacial score (nSPS) is 10.7. The maximum atomic E-state index is 11.2. The quantitative estimate of drug-likeness (QED) is 0.845. The van der Waals surface area contributed by atoms with Crippen LogP contribution >= 0.6 is 11.6 Å². The number of carbonyl (C=O) groups excluding carboxylic acids is 1. The summed E-state index contributed by atoms with van der Waals surface area (Å²) in [6.07, 6.45) is 1.65. The fourth-order valence-corrected chi connectivity index (χ4v) is 1.72. The Kier molecular flexibility index (Phi) is 3.75. The van der Waals surface area contributed by atoms with E-state index in [2.05, 4.69) is 4.99 Å². The maximum absolute atomic E-state index is 11.2. The van der Waals surface area contributed by atoms with Crippen LogP contribution in [0.4, 0.5) is 5.69 Å². The van der Waals surface area contributed by atoms with Gasteiger partial charge in [0.15, 0.2) is 0 Å². The van der Waals surface area contributed by atoms with E-state index in [4.69, 9.17) is 17.3 Å². The zero-order valence-corrected chi connectivity index (χ0v) is 10.3. The Bertz CT molecular complexity index is 608. The van der Waals surface area contributed by atoms with Crippen molar-refractivity contribution in [2.75, 3.05) is 0 Å². The summed E-state index contributed by atoms with van der Waals surface area (Å²) in [5.41, 5.74) is 7.08. The molecule has 4 heteroatoms. The number of hydrogen-bond acceptors (Lipinski definition) is 2. The highest BCUT2D eigenvalue weighted by molar-refractivity contribution is 6.30. The van der Waals surface area contributed by atoms with Crippen molar-refractivity contribution in [2.24, 2.45) is 10.7 Å². The molecule has 3 nitrogen and oxygen atoms in total. The van der Waals surface area contributed by atoms with E-state index in [1.165, 1.54) is 0 Å². The van der Waals surface area contributed by atoms with E-state index < -0.39 is 5.91 Å². The summed E-state index contributed by atoms with van der Waals surface area (Å²) in [6.45, 7) is 0. The number of rotatable bonds is 3. The number of nitrogens with two attached hydrogens (primary N) is 1. The van der Waals surface area contributed by atoms with Crippen LogP contribution in [0.15, 0.2) is 53.5 Å². The predicted molar refractivity (Wildman–Crippen MR) is 73.7 cm³/mol. The van der Waals surface area contributed by atoms with Crippen LogP contribution in [0.3, 0.4) is 0 Å². The summed E-state index contributed by atoms with van der Waals surface area (Å²) in [5, 5.41) is 0.641. The Morgan fingerprint density at radius 3 is 2.67 bits per heavy atom. The number of para-hydroxylation sites is 1. The summed E-state index contributed by atoms with van der Waals surface area (Å²) >= 11 is 5.87. The number of aliphatic imine (C=N–C) groups is 1. The van der Waals surface area contributed by atoms with Crippen molar-refractivity contribution in [3.8, 4) is 0 Å². The zero-order chi connectivity index (χ0) is 13.0. The molecule has 0 spiro atoms. The van der Waals surface area contributed by atoms with Gasteiger partial charge in [0.1, 0.15) is 0 Å². The van der Waals surface area contributed by atoms with E-state index in [9.17, 15) is 4.79 Å². The summed E-state index contributed by atoms with van der Waals surface area (Å²) in [7, 11) is 0. The second-order valence-corrected chi connectivity index (χ2v) is 4.13. The highest BCUT2D eigenvalue weighted by Crippen LogP contribution is 2.18. The third-order valence-electron chi connectivity index (χ3n) is 2.37. The number of hydrogen-bond donors (Lipinski definition) is 1. The predicted octanol–water partition coefficient (Wildman–Crippen LogP) is 3.19. The van der Waals surface area contributed by atoms with E-state index in [1.807, 2.05) is 12.1 Å². The van der Waals surface area contributed by atoms with Crippen molar-refractivity contribution < 1.29 is 4.79 Å². The SMILES string of the molecule is NC(=O)c1ccccc1/N=C/c1cccc(Cl)c1. The smallest absolute Gasteiger partial charge is 0.250 e. The third kappa shape index (κ3) is 2.96. The molecule has 0 radical (unpaired) electrons. The first-order chi connectivity index (χ1) is 8.66. The molecule has 0 aliphatic rings. The fraction of sp³-hybridized carbons (Fsp3) is 0. The summed E-state index contributed by atoms with van der Waals surface area (Å²) in [6, 6.07) is 14.2.